The SMILES string of the molecule is CCCCON(CCSC)S(=O)(=O)Cc1ccccc1. The van der Waals surface area contributed by atoms with Gasteiger partial charge in [-0.25, -0.2) is 8.42 Å². The minimum absolute atomic E-state index is 0.0195. The van der Waals surface area contributed by atoms with Crippen LogP contribution in [-0.4, -0.2) is 38.0 Å². The molecule has 0 unspecified atom stereocenters. The van der Waals surface area contributed by atoms with E-state index < -0.39 is 10.0 Å². The van der Waals surface area contributed by atoms with E-state index in [9.17, 15) is 8.42 Å². The van der Waals surface area contributed by atoms with E-state index in [4.69, 9.17) is 4.84 Å². The largest absolute Gasteiger partial charge is 0.284 e. The lowest BCUT2D eigenvalue weighted by atomic mass is 10.2. The van der Waals surface area contributed by atoms with Crippen molar-refractivity contribution in [2.24, 2.45) is 0 Å². The fourth-order valence-electron chi connectivity index (χ4n) is 1.62. The van der Waals surface area contributed by atoms with Crippen LogP contribution in [0.25, 0.3) is 0 Å². The molecule has 0 aromatic heterocycles. The summed E-state index contributed by atoms with van der Waals surface area (Å²) in [6, 6.07) is 9.19. The lowest BCUT2D eigenvalue weighted by Gasteiger charge is -2.21. The second-order valence-electron chi connectivity index (χ2n) is 4.45. The first-order valence-corrected chi connectivity index (χ1v) is 9.76. The van der Waals surface area contributed by atoms with Gasteiger partial charge in [0.2, 0.25) is 10.0 Å². The third-order valence-electron chi connectivity index (χ3n) is 2.71. The van der Waals surface area contributed by atoms with Gasteiger partial charge in [0, 0.05) is 12.3 Å². The van der Waals surface area contributed by atoms with Crippen LogP contribution in [0.15, 0.2) is 30.3 Å². The maximum Gasteiger partial charge on any atom is 0.240 e. The number of nitrogens with zero attached hydrogens (tertiary/aromatic N) is 1. The Balaban J connectivity index is 2.70. The summed E-state index contributed by atoms with van der Waals surface area (Å²) in [7, 11) is -3.43. The first-order chi connectivity index (χ1) is 9.60. The zero-order valence-electron chi connectivity index (χ0n) is 12.1. The van der Waals surface area contributed by atoms with E-state index in [1.54, 1.807) is 11.8 Å². The number of unbranched alkanes of at least 4 members (excludes halogenated alkanes) is 1. The topological polar surface area (TPSA) is 46.6 Å². The van der Waals surface area contributed by atoms with Gasteiger partial charge in [-0.3, -0.25) is 4.84 Å². The number of hydroxylamine groups is 1. The summed E-state index contributed by atoms with van der Waals surface area (Å²) in [5.41, 5.74) is 0.778. The Kier molecular flexibility index (Phi) is 8.21. The van der Waals surface area contributed by atoms with Gasteiger partial charge < -0.3 is 0 Å². The predicted molar refractivity (Wildman–Crippen MR) is 85.0 cm³/mol. The smallest absolute Gasteiger partial charge is 0.240 e. The molecule has 0 N–H and O–H groups in total. The van der Waals surface area contributed by atoms with Crippen molar-refractivity contribution in [2.75, 3.05) is 25.2 Å². The van der Waals surface area contributed by atoms with Gasteiger partial charge in [-0.15, -0.1) is 0 Å². The highest BCUT2D eigenvalue weighted by molar-refractivity contribution is 7.98. The van der Waals surface area contributed by atoms with Crippen LogP contribution in [0.2, 0.25) is 0 Å². The summed E-state index contributed by atoms with van der Waals surface area (Å²) in [5.74, 6) is 0.703. The van der Waals surface area contributed by atoms with Crippen molar-refractivity contribution in [1.29, 1.82) is 0 Å². The average Bonchev–Trinajstić information content (AvgIpc) is 2.43. The summed E-state index contributed by atoms with van der Waals surface area (Å²) < 4.78 is 25.9. The normalized spacial score (nSPS) is 11.9. The molecule has 20 heavy (non-hydrogen) atoms. The summed E-state index contributed by atoms with van der Waals surface area (Å²) >= 11 is 1.61. The third-order valence-corrected chi connectivity index (χ3v) is 4.91. The monoisotopic (exact) mass is 317 g/mol. The molecule has 1 aromatic carbocycles. The molecule has 0 aliphatic carbocycles. The van der Waals surface area contributed by atoms with Crippen molar-refractivity contribution in [3.8, 4) is 0 Å². The number of sulfonamides is 1. The summed E-state index contributed by atoms with van der Waals surface area (Å²) in [4.78, 5) is 5.45. The number of thioether (sulfide) groups is 1. The van der Waals surface area contributed by atoms with E-state index in [-0.39, 0.29) is 5.75 Å². The van der Waals surface area contributed by atoms with Gasteiger partial charge >= 0.3 is 0 Å². The Bertz CT molecular complexity index is 463. The first kappa shape index (κ1) is 17.5. The van der Waals surface area contributed by atoms with Crippen LogP contribution in [0.3, 0.4) is 0 Å². The van der Waals surface area contributed by atoms with Crippen LogP contribution >= 0.6 is 11.8 Å². The summed E-state index contributed by atoms with van der Waals surface area (Å²) in [6.07, 6.45) is 3.79. The average molecular weight is 317 g/mol. The molecule has 0 heterocycles. The lowest BCUT2D eigenvalue weighted by Crippen LogP contribution is -2.34. The first-order valence-electron chi connectivity index (χ1n) is 6.76. The number of benzene rings is 1. The molecule has 0 saturated heterocycles. The molecule has 0 atom stereocenters. The van der Waals surface area contributed by atoms with Gasteiger partial charge in [0.15, 0.2) is 0 Å². The van der Waals surface area contributed by atoms with Crippen LogP contribution in [0.1, 0.15) is 25.3 Å². The van der Waals surface area contributed by atoms with Gasteiger partial charge in [0.25, 0.3) is 0 Å². The molecule has 114 valence electrons. The van der Waals surface area contributed by atoms with Crippen LogP contribution < -0.4 is 0 Å². The Morgan fingerprint density at radius 2 is 1.95 bits per heavy atom. The minimum atomic E-state index is -3.43. The third kappa shape index (κ3) is 6.26. The number of hydrogen-bond donors (Lipinski definition) is 0. The molecule has 1 rings (SSSR count). The van der Waals surface area contributed by atoms with E-state index in [0.29, 0.717) is 13.2 Å². The molecular weight excluding hydrogens is 294 g/mol. The van der Waals surface area contributed by atoms with Gasteiger partial charge in [-0.05, 0) is 18.2 Å². The van der Waals surface area contributed by atoms with E-state index >= 15 is 0 Å². The van der Waals surface area contributed by atoms with Crippen LogP contribution in [0.5, 0.6) is 0 Å². The number of rotatable bonds is 10. The lowest BCUT2D eigenvalue weighted by molar-refractivity contribution is -0.0812. The van der Waals surface area contributed by atoms with Crippen molar-refractivity contribution in [1.82, 2.24) is 4.47 Å². The van der Waals surface area contributed by atoms with Crippen LogP contribution in [0, 0.1) is 0 Å². The molecule has 0 bridgehead atoms. The molecule has 6 heteroatoms. The van der Waals surface area contributed by atoms with Crippen LogP contribution in [-0.2, 0) is 20.6 Å². The molecule has 0 aliphatic rings. The minimum Gasteiger partial charge on any atom is -0.284 e. The molecule has 0 fully saturated rings. The Morgan fingerprint density at radius 1 is 1.25 bits per heavy atom. The highest BCUT2D eigenvalue weighted by atomic mass is 32.2. The van der Waals surface area contributed by atoms with Crippen molar-refractivity contribution in [3.63, 3.8) is 0 Å². The molecule has 0 aliphatic heterocycles. The van der Waals surface area contributed by atoms with Crippen molar-refractivity contribution < 1.29 is 13.3 Å². The standard InChI is InChI=1S/C14H23NO3S2/c1-3-4-11-18-15(10-12-19-2)20(16,17)13-14-8-6-5-7-9-14/h5-9H,3-4,10-13H2,1-2H3. The quantitative estimate of drug-likeness (QED) is 0.492. The van der Waals surface area contributed by atoms with Gasteiger partial charge in [-0.1, -0.05) is 48.1 Å². The van der Waals surface area contributed by atoms with Gasteiger partial charge in [0.05, 0.1) is 12.4 Å². The highest BCUT2D eigenvalue weighted by Crippen LogP contribution is 2.12. The zero-order chi connectivity index (χ0) is 14.8. The van der Waals surface area contributed by atoms with Gasteiger partial charge in [0.1, 0.15) is 0 Å². The molecule has 0 spiro atoms. The summed E-state index contributed by atoms with van der Waals surface area (Å²) in [5, 5.41) is 0. The molecule has 1 aromatic rings. The summed E-state index contributed by atoms with van der Waals surface area (Å²) in [6.45, 7) is 2.88. The Labute approximate surface area is 126 Å². The van der Waals surface area contributed by atoms with Crippen LogP contribution in [0.4, 0.5) is 0 Å². The molecule has 0 saturated carbocycles. The molecule has 4 nitrogen and oxygen atoms in total. The molecule has 0 radical (unpaired) electrons. The zero-order valence-corrected chi connectivity index (χ0v) is 13.8. The Morgan fingerprint density at radius 3 is 2.55 bits per heavy atom. The van der Waals surface area contributed by atoms with Gasteiger partial charge in [-0.2, -0.15) is 11.8 Å². The van der Waals surface area contributed by atoms with Crippen molar-refractivity contribution >= 4 is 21.8 Å². The molecule has 0 amide bonds. The fourth-order valence-corrected chi connectivity index (χ4v) is 3.44. The second-order valence-corrected chi connectivity index (χ2v) is 7.29. The second kappa shape index (κ2) is 9.39. The van der Waals surface area contributed by atoms with E-state index in [0.717, 1.165) is 28.6 Å². The van der Waals surface area contributed by atoms with E-state index in [1.165, 1.54) is 0 Å². The predicted octanol–water partition coefficient (Wildman–Crippen LogP) is 2.91. The maximum absolute atomic E-state index is 12.4. The van der Waals surface area contributed by atoms with Crippen molar-refractivity contribution in [2.45, 2.75) is 25.5 Å². The van der Waals surface area contributed by atoms with E-state index in [1.807, 2.05) is 43.5 Å². The van der Waals surface area contributed by atoms with E-state index in [2.05, 4.69) is 0 Å². The number of hydrogen-bond acceptors (Lipinski definition) is 4. The Hall–Kier alpha value is -0.560. The fraction of sp³-hybridized carbons (Fsp3) is 0.571. The maximum atomic E-state index is 12.4. The highest BCUT2D eigenvalue weighted by Gasteiger charge is 2.23. The van der Waals surface area contributed by atoms with Crippen molar-refractivity contribution in [3.05, 3.63) is 35.9 Å². The molecular formula is C14H23NO3S2.